The lowest BCUT2D eigenvalue weighted by Crippen LogP contribution is -2.55. The zero-order valence-electron chi connectivity index (χ0n) is 20.4. The molecule has 3 amide bonds. The summed E-state index contributed by atoms with van der Waals surface area (Å²) < 4.78 is 28.1. The zero-order chi connectivity index (χ0) is 27.3. The van der Waals surface area contributed by atoms with E-state index in [-0.39, 0.29) is 30.9 Å². The number of hydrogen-bond donors (Lipinski definition) is 2. The Morgan fingerprint density at radius 2 is 1.89 bits per heavy atom. The average Bonchev–Trinajstić information content (AvgIpc) is 3.52. The number of nitrogens with one attached hydrogen (secondary N) is 2. The van der Waals surface area contributed by atoms with Crippen LogP contribution in [0.15, 0.2) is 41.8 Å². The summed E-state index contributed by atoms with van der Waals surface area (Å²) in [4.78, 5) is 42.4. The van der Waals surface area contributed by atoms with Crippen LogP contribution in [-0.4, -0.2) is 74.2 Å². The fourth-order valence-corrected chi connectivity index (χ4v) is 6.85. The molecule has 1 aromatic carbocycles. The maximum absolute atomic E-state index is 13.1. The number of nitrogens with zero attached hydrogens (tertiary/aromatic N) is 2. The predicted molar refractivity (Wildman–Crippen MR) is 149 cm³/mol. The molecule has 2 aliphatic heterocycles. The smallest absolute Gasteiger partial charge is 0.251 e. The average molecular weight is 600 g/mol. The monoisotopic (exact) mass is 598 g/mol. The summed E-state index contributed by atoms with van der Waals surface area (Å²) in [6, 6.07) is 8.87. The van der Waals surface area contributed by atoms with E-state index in [9.17, 15) is 22.8 Å². The number of amides is 3. The standard InChI is InChI=1S/C25H28Cl2N4O5S2/c26-18-5-1-4-17(14-18)24(33)28-15-19-6-2-12-31(19)23(32)16-30-11-3-7-21(25(30)34)29-38(35,36)13-10-20-8-9-22(27)37-20/h1,4-5,8-10,13-14,19,21,29H,2-3,6-7,11-12,15-16H2,(H,28,33)/b13-10+. The second-order valence-corrected chi connectivity index (χ2v) is 12.9. The van der Waals surface area contributed by atoms with Gasteiger partial charge in [-0.15, -0.1) is 11.3 Å². The maximum atomic E-state index is 13.1. The van der Waals surface area contributed by atoms with Crippen LogP contribution in [0.5, 0.6) is 0 Å². The van der Waals surface area contributed by atoms with Crippen LogP contribution in [-0.2, 0) is 19.6 Å². The van der Waals surface area contributed by atoms with Crippen molar-refractivity contribution in [2.75, 3.05) is 26.2 Å². The molecule has 0 saturated carbocycles. The van der Waals surface area contributed by atoms with Gasteiger partial charge in [-0.05, 0) is 62.1 Å². The van der Waals surface area contributed by atoms with Gasteiger partial charge in [0.2, 0.25) is 21.8 Å². The molecule has 0 radical (unpaired) electrons. The molecule has 9 nitrogen and oxygen atoms in total. The number of benzene rings is 1. The Labute approximate surface area is 235 Å². The number of piperidine rings is 1. The van der Waals surface area contributed by atoms with Crippen LogP contribution in [0, 0.1) is 0 Å². The summed E-state index contributed by atoms with van der Waals surface area (Å²) in [5, 5.41) is 4.34. The minimum Gasteiger partial charge on any atom is -0.350 e. The third kappa shape index (κ3) is 7.57. The molecule has 2 saturated heterocycles. The fourth-order valence-electron chi connectivity index (χ4n) is 4.59. The molecule has 4 rings (SSSR count). The molecule has 1 aromatic heterocycles. The first-order valence-corrected chi connectivity index (χ1v) is 15.3. The molecular formula is C25H28Cl2N4O5S2. The van der Waals surface area contributed by atoms with Crippen molar-refractivity contribution in [3.05, 3.63) is 61.6 Å². The first kappa shape index (κ1) is 28.6. The maximum Gasteiger partial charge on any atom is 0.251 e. The van der Waals surface area contributed by atoms with Gasteiger partial charge in [-0.1, -0.05) is 29.3 Å². The second-order valence-electron chi connectivity index (χ2n) is 9.17. The van der Waals surface area contributed by atoms with E-state index in [0.717, 1.165) is 18.2 Å². The molecule has 38 heavy (non-hydrogen) atoms. The van der Waals surface area contributed by atoms with E-state index in [1.165, 1.54) is 22.3 Å². The van der Waals surface area contributed by atoms with E-state index in [1.54, 1.807) is 41.3 Å². The third-order valence-electron chi connectivity index (χ3n) is 6.45. The second kappa shape index (κ2) is 12.6. The highest BCUT2D eigenvalue weighted by molar-refractivity contribution is 7.92. The summed E-state index contributed by atoms with van der Waals surface area (Å²) in [6.45, 7) is 1.05. The molecule has 0 bridgehead atoms. The van der Waals surface area contributed by atoms with Crippen molar-refractivity contribution in [1.82, 2.24) is 19.8 Å². The van der Waals surface area contributed by atoms with Gasteiger partial charge in [0.15, 0.2) is 0 Å². The number of hydrogen-bond acceptors (Lipinski definition) is 6. The molecular weight excluding hydrogens is 571 g/mol. The van der Waals surface area contributed by atoms with Gasteiger partial charge in [0.25, 0.3) is 5.91 Å². The number of halogens is 2. The Hall–Kier alpha value is -2.44. The van der Waals surface area contributed by atoms with Crippen molar-refractivity contribution < 1.29 is 22.8 Å². The van der Waals surface area contributed by atoms with Crippen LogP contribution >= 0.6 is 34.5 Å². The minimum atomic E-state index is -3.88. The highest BCUT2D eigenvalue weighted by atomic mass is 35.5. The topological polar surface area (TPSA) is 116 Å². The van der Waals surface area contributed by atoms with Gasteiger partial charge in [-0.3, -0.25) is 14.4 Å². The summed E-state index contributed by atoms with van der Waals surface area (Å²) in [5.41, 5.74) is 0.440. The molecule has 2 aliphatic rings. The Kier molecular flexibility index (Phi) is 9.48. The van der Waals surface area contributed by atoms with Crippen LogP contribution in [0.2, 0.25) is 9.36 Å². The number of likely N-dealkylation sites (tertiary alicyclic amines) is 2. The normalized spacial score (nSPS) is 20.3. The number of rotatable bonds is 9. The summed E-state index contributed by atoms with van der Waals surface area (Å²) >= 11 is 13.1. The number of thiophene rings is 1. The molecule has 204 valence electrons. The van der Waals surface area contributed by atoms with Crippen LogP contribution < -0.4 is 10.0 Å². The lowest BCUT2D eigenvalue weighted by Gasteiger charge is -2.34. The van der Waals surface area contributed by atoms with Crippen molar-refractivity contribution in [2.45, 2.75) is 37.8 Å². The van der Waals surface area contributed by atoms with Gasteiger partial charge in [0.05, 0.1) is 10.9 Å². The fraction of sp³-hybridized carbons (Fsp3) is 0.400. The van der Waals surface area contributed by atoms with E-state index in [4.69, 9.17) is 23.2 Å². The van der Waals surface area contributed by atoms with Crippen LogP contribution in [0.1, 0.15) is 40.9 Å². The van der Waals surface area contributed by atoms with Crippen molar-refractivity contribution >= 4 is 68.4 Å². The molecule has 0 aliphatic carbocycles. The lowest BCUT2D eigenvalue weighted by atomic mass is 10.1. The zero-order valence-corrected chi connectivity index (χ0v) is 23.6. The Morgan fingerprint density at radius 1 is 1.11 bits per heavy atom. The van der Waals surface area contributed by atoms with Gasteiger partial charge in [-0.2, -0.15) is 4.72 Å². The number of carbonyl (C=O) groups is 3. The Balaban J connectivity index is 1.31. The van der Waals surface area contributed by atoms with Crippen molar-refractivity contribution in [3.8, 4) is 0 Å². The highest BCUT2D eigenvalue weighted by Crippen LogP contribution is 2.23. The van der Waals surface area contributed by atoms with Crippen molar-refractivity contribution in [3.63, 3.8) is 0 Å². The van der Waals surface area contributed by atoms with Gasteiger partial charge >= 0.3 is 0 Å². The highest BCUT2D eigenvalue weighted by Gasteiger charge is 2.35. The largest absolute Gasteiger partial charge is 0.350 e. The Bertz CT molecular complexity index is 1330. The van der Waals surface area contributed by atoms with E-state index < -0.39 is 22.0 Å². The summed E-state index contributed by atoms with van der Waals surface area (Å²) in [5.74, 6) is -0.925. The SMILES string of the molecule is O=C(NCC1CCCN1C(=O)CN1CCCC(NS(=O)(=O)/C=C/c2ccc(Cl)s2)C1=O)c1cccc(Cl)c1. The predicted octanol–water partition coefficient (Wildman–Crippen LogP) is 3.36. The lowest BCUT2D eigenvalue weighted by molar-refractivity contribution is -0.143. The molecule has 2 atom stereocenters. The van der Waals surface area contributed by atoms with E-state index >= 15 is 0 Å². The quantitative estimate of drug-likeness (QED) is 0.459. The van der Waals surface area contributed by atoms with Crippen LogP contribution in [0.3, 0.4) is 0 Å². The summed E-state index contributed by atoms with van der Waals surface area (Å²) in [6.07, 6.45) is 3.87. The number of sulfonamides is 1. The Morgan fingerprint density at radius 3 is 2.63 bits per heavy atom. The first-order chi connectivity index (χ1) is 18.1. The van der Waals surface area contributed by atoms with Gasteiger partial charge in [0.1, 0.15) is 6.04 Å². The minimum absolute atomic E-state index is 0.140. The molecule has 2 fully saturated rings. The molecule has 13 heteroatoms. The van der Waals surface area contributed by atoms with Gasteiger partial charge in [0, 0.05) is 46.5 Å². The number of carbonyl (C=O) groups excluding carboxylic acids is 3. The molecule has 3 heterocycles. The van der Waals surface area contributed by atoms with E-state index in [2.05, 4.69) is 10.0 Å². The van der Waals surface area contributed by atoms with Crippen LogP contribution in [0.25, 0.3) is 6.08 Å². The third-order valence-corrected chi connectivity index (χ3v) is 8.99. The van der Waals surface area contributed by atoms with E-state index in [0.29, 0.717) is 45.7 Å². The molecule has 0 spiro atoms. The van der Waals surface area contributed by atoms with Crippen LogP contribution in [0.4, 0.5) is 0 Å². The molecule has 2 unspecified atom stereocenters. The van der Waals surface area contributed by atoms with Gasteiger partial charge < -0.3 is 15.1 Å². The van der Waals surface area contributed by atoms with E-state index in [1.807, 2.05) is 0 Å². The summed E-state index contributed by atoms with van der Waals surface area (Å²) in [7, 11) is -3.88. The van der Waals surface area contributed by atoms with Crippen molar-refractivity contribution in [2.24, 2.45) is 0 Å². The van der Waals surface area contributed by atoms with Crippen molar-refractivity contribution in [1.29, 1.82) is 0 Å². The molecule has 2 aromatic rings. The first-order valence-electron chi connectivity index (χ1n) is 12.2. The molecule has 2 N–H and O–H groups in total. The van der Waals surface area contributed by atoms with Gasteiger partial charge in [-0.25, -0.2) is 8.42 Å².